The van der Waals surface area contributed by atoms with Crippen molar-refractivity contribution >= 4 is 11.8 Å². The largest absolute Gasteiger partial charge is 0.355 e. The molecule has 27 heavy (non-hydrogen) atoms. The van der Waals surface area contributed by atoms with Crippen molar-refractivity contribution in [2.45, 2.75) is 5.92 Å². The first kappa shape index (κ1) is 18.4. The number of amides is 2. The van der Waals surface area contributed by atoms with Crippen LogP contribution in [0.1, 0.15) is 27.4 Å². The minimum atomic E-state index is -0.624. The summed E-state index contributed by atoms with van der Waals surface area (Å²) in [6, 6.07) is 24.1. The van der Waals surface area contributed by atoms with Crippen LogP contribution in [-0.4, -0.2) is 24.1 Å². The van der Waals surface area contributed by atoms with Crippen molar-refractivity contribution in [1.29, 1.82) is 0 Å². The maximum atomic E-state index is 12.3. The van der Waals surface area contributed by atoms with Crippen LogP contribution in [-0.2, 0) is 4.79 Å². The second-order valence-electron chi connectivity index (χ2n) is 6.10. The second-order valence-corrected chi connectivity index (χ2v) is 6.10. The van der Waals surface area contributed by atoms with Gasteiger partial charge >= 0.3 is 0 Å². The third-order valence-electron chi connectivity index (χ3n) is 4.43. The Morgan fingerprint density at radius 3 is 2.11 bits per heavy atom. The molecule has 0 aliphatic heterocycles. The molecule has 3 rings (SSSR count). The summed E-state index contributed by atoms with van der Waals surface area (Å²) in [6.07, 6.45) is 0. The topological polar surface area (TPSA) is 78.4 Å². The number of nitrogens with one attached hydrogen (secondary N) is 2. The van der Waals surface area contributed by atoms with Crippen LogP contribution in [0.2, 0.25) is 0 Å². The van der Waals surface area contributed by atoms with Crippen LogP contribution in [0.4, 0.5) is 0 Å². The van der Waals surface area contributed by atoms with Crippen molar-refractivity contribution in [3.63, 3.8) is 0 Å². The number of hydroxylamine groups is 1. The third-order valence-corrected chi connectivity index (χ3v) is 4.43. The highest BCUT2D eigenvalue weighted by molar-refractivity contribution is 5.94. The number of hydrogen-bond acceptors (Lipinski definition) is 3. The summed E-state index contributed by atoms with van der Waals surface area (Å²) in [5.74, 6) is -1.26. The summed E-state index contributed by atoms with van der Waals surface area (Å²) in [6.45, 7) is 0. The second kappa shape index (κ2) is 8.29. The van der Waals surface area contributed by atoms with Crippen molar-refractivity contribution in [2.75, 3.05) is 7.05 Å². The maximum absolute atomic E-state index is 12.3. The van der Waals surface area contributed by atoms with Gasteiger partial charge in [0.15, 0.2) is 0 Å². The van der Waals surface area contributed by atoms with E-state index in [0.29, 0.717) is 5.56 Å². The first-order valence-corrected chi connectivity index (χ1v) is 8.55. The maximum Gasteiger partial charge on any atom is 0.255 e. The van der Waals surface area contributed by atoms with E-state index in [1.165, 1.54) is 0 Å². The van der Waals surface area contributed by atoms with Gasteiger partial charge in [-0.2, -0.15) is 0 Å². The summed E-state index contributed by atoms with van der Waals surface area (Å²) >= 11 is 0. The molecule has 0 fully saturated rings. The Hall–Kier alpha value is -3.44. The van der Waals surface area contributed by atoms with Crippen molar-refractivity contribution in [3.8, 4) is 11.1 Å². The van der Waals surface area contributed by atoms with Gasteiger partial charge in [0.1, 0.15) is 0 Å². The summed E-state index contributed by atoms with van der Waals surface area (Å²) in [7, 11) is 1.59. The lowest BCUT2D eigenvalue weighted by Gasteiger charge is -2.17. The molecule has 0 bridgehead atoms. The third kappa shape index (κ3) is 4.04. The van der Waals surface area contributed by atoms with Crippen molar-refractivity contribution in [3.05, 3.63) is 95.6 Å². The lowest BCUT2D eigenvalue weighted by atomic mass is 9.89. The van der Waals surface area contributed by atoms with Gasteiger partial charge in [0, 0.05) is 12.6 Å². The Bertz CT molecular complexity index is 937. The molecule has 0 radical (unpaired) electrons. The van der Waals surface area contributed by atoms with Crippen molar-refractivity contribution in [2.24, 2.45) is 0 Å². The molecule has 3 aromatic rings. The van der Waals surface area contributed by atoms with E-state index in [1.54, 1.807) is 24.7 Å². The Balaban J connectivity index is 1.98. The van der Waals surface area contributed by atoms with Crippen LogP contribution in [0.5, 0.6) is 0 Å². The minimum absolute atomic E-state index is 0.140. The van der Waals surface area contributed by atoms with Gasteiger partial charge in [-0.15, -0.1) is 0 Å². The van der Waals surface area contributed by atoms with Gasteiger partial charge in [-0.25, -0.2) is 5.48 Å². The zero-order valence-corrected chi connectivity index (χ0v) is 14.8. The molecule has 0 saturated carbocycles. The lowest BCUT2D eigenvalue weighted by Crippen LogP contribution is -2.27. The molecular formula is C22H20N2O3. The fourth-order valence-corrected chi connectivity index (χ4v) is 3.06. The van der Waals surface area contributed by atoms with Crippen molar-refractivity contribution < 1.29 is 14.8 Å². The molecule has 0 heterocycles. The Morgan fingerprint density at radius 1 is 0.815 bits per heavy atom. The molecule has 0 aliphatic rings. The van der Waals surface area contributed by atoms with Crippen LogP contribution >= 0.6 is 0 Å². The van der Waals surface area contributed by atoms with Crippen LogP contribution in [0, 0.1) is 0 Å². The summed E-state index contributed by atoms with van der Waals surface area (Å²) in [5.41, 5.74) is 5.75. The van der Waals surface area contributed by atoms with E-state index >= 15 is 0 Å². The van der Waals surface area contributed by atoms with Gasteiger partial charge in [0.05, 0.1) is 5.92 Å². The Kier molecular flexibility index (Phi) is 5.64. The van der Waals surface area contributed by atoms with Gasteiger partial charge in [-0.1, -0.05) is 66.7 Å². The first-order valence-electron chi connectivity index (χ1n) is 8.55. The van der Waals surface area contributed by atoms with E-state index in [2.05, 4.69) is 5.32 Å². The number of carbonyl (C=O) groups is 2. The number of carbonyl (C=O) groups excluding carboxylic acids is 2. The van der Waals surface area contributed by atoms with Crippen LogP contribution < -0.4 is 10.8 Å². The normalized spacial score (nSPS) is 11.5. The molecule has 0 spiro atoms. The van der Waals surface area contributed by atoms with E-state index in [-0.39, 0.29) is 5.91 Å². The number of hydrogen-bond donors (Lipinski definition) is 3. The molecule has 5 heteroatoms. The van der Waals surface area contributed by atoms with Crippen LogP contribution in [0.25, 0.3) is 11.1 Å². The quantitative estimate of drug-likeness (QED) is 0.482. The molecule has 136 valence electrons. The average molecular weight is 360 g/mol. The van der Waals surface area contributed by atoms with E-state index < -0.39 is 11.8 Å². The smallest absolute Gasteiger partial charge is 0.255 e. The molecular weight excluding hydrogens is 340 g/mol. The molecule has 0 saturated heterocycles. The Labute approximate surface area is 157 Å². The highest BCUT2D eigenvalue weighted by Crippen LogP contribution is 2.29. The van der Waals surface area contributed by atoms with Gasteiger partial charge in [0.25, 0.3) is 11.8 Å². The van der Waals surface area contributed by atoms with E-state index in [0.717, 1.165) is 22.3 Å². The minimum Gasteiger partial charge on any atom is -0.355 e. The molecule has 0 aromatic heterocycles. The number of benzene rings is 3. The summed E-state index contributed by atoms with van der Waals surface area (Å²) in [5, 5.41) is 11.8. The van der Waals surface area contributed by atoms with Gasteiger partial charge in [-0.05, 0) is 34.4 Å². The monoisotopic (exact) mass is 360 g/mol. The number of rotatable bonds is 5. The van der Waals surface area contributed by atoms with Gasteiger partial charge < -0.3 is 5.32 Å². The predicted octanol–water partition coefficient (Wildman–Crippen LogP) is 3.35. The van der Waals surface area contributed by atoms with Gasteiger partial charge in [-0.3, -0.25) is 14.8 Å². The lowest BCUT2D eigenvalue weighted by molar-refractivity contribution is -0.129. The fraction of sp³-hybridized carbons (Fsp3) is 0.0909. The van der Waals surface area contributed by atoms with Crippen LogP contribution in [0.3, 0.4) is 0 Å². The van der Waals surface area contributed by atoms with E-state index in [4.69, 9.17) is 0 Å². The fourth-order valence-electron chi connectivity index (χ4n) is 3.06. The van der Waals surface area contributed by atoms with Gasteiger partial charge in [0.2, 0.25) is 0 Å². The molecule has 1 unspecified atom stereocenters. The molecule has 3 N–H and O–H groups in total. The van der Waals surface area contributed by atoms with E-state index in [1.807, 2.05) is 66.7 Å². The average Bonchev–Trinajstić information content (AvgIpc) is 2.74. The first-order chi connectivity index (χ1) is 13.1. The SMILES string of the molecule is CNC(=O)c1ccc(-c2cccc(C(C(=O)NO)c3ccccc3)c2)cc1. The molecule has 2 amide bonds. The zero-order valence-electron chi connectivity index (χ0n) is 14.8. The zero-order chi connectivity index (χ0) is 19.2. The highest BCUT2D eigenvalue weighted by atomic mass is 16.5. The molecule has 0 aliphatic carbocycles. The molecule has 5 nitrogen and oxygen atoms in total. The van der Waals surface area contributed by atoms with E-state index in [9.17, 15) is 14.8 Å². The standard InChI is InChI=1S/C22H20N2O3/c1-23-21(25)17-12-10-15(11-13-17)18-8-5-9-19(14-18)20(22(26)24-27)16-6-3-2-4-7-16/h2-14,20,27H,1H3,(H,23,25)(H,24,26). The molecule has 3 aromatic carbocycles. The summed E-state index contributed by atoms with van der Waals surface area (Å²) < 4.78 is 0. The Morgan fingerprint density at radius 2 is 1.48 bits per heavy atom. The predicted molar refractivity (Wildman–Crippen MR) is 103 cm³/mol. The summed E-state index contributed by atoms with van der Waals surface area (Å²) in [4.78, 5) is 24.0. The highest BCUT2D eigenvalue weighted by Gasteiger charge is 2.22. The van der Waals surface area contributed by atoms with Crippen molar-refractivity contribution in [1.82, 2.24) is 10.8 Å². The van der Waals surface area contributed by atoms with Crippen LogP contribution in [0.15, 0.2) is 78.9 Å². The molecule has 1 atom stereocenters.